The number of aromatic nitrogens is 2. The molecule has 1 aliphatic rings. The van der Waals surface area contributed by atoms with Crippen LogP contribution in [0, 0.1) is 0 Å². The van der Waals surface area contributed by atoms with Gasteiger partial charge in [0.05, 0.1) is 0 Å². The van der Waals surface area contributed by atoms with Gasteiger partial charge in [-0.15, -0.1) is 0 Å². The van der Waals surface area contributed by atoms with Gasteiger partial charge in [0.2, 0.25) is 5.95 Å². The Balaban J connectivity index is 1.80. The molecule has 0 bridgehead atoms. The van der Waals surface area contributed by atoms with Crippen LogP contribution in [0.2, 0.25) is 0 Å². The SMILES string of the molecule is BrCc1cnc(N(Cc2ccsc2)C2CC2)nc1. The van der Waals surface area contributed by atoms with E-state index in [2.05, 4.69) is 47.6 Å². The van der Waals surface area contributed by atoms with Crippen molar-refractivity contribution in [3.05, 3.63) is 40.3 Å². The molecule has 0 atom stereocenters. The Hall–Kier alpha value is -0.940. The second-order valence-electron chi connectivity index (χ2n) is 4.52. The lowest BCUT2D eigenvalue weighted by molar-refractivity contribution is 0.758. The van der Waals surface area contributed by atoms with Crippen molar-refractivity contribution in [2.75, 3.05) is 4.90 Å². The first kappa shape index (κ1) is 12.1. The van der Waals surface area contributed by atoms with E-state index in [9.17, 15) is 0 Å². The second kappa shape index (κ2) is 5.36. The normalized spacial score (nSPS) is 14.7. The smallest absolute Gasteiger partial charge is 0.225 e. The lowest BCUT2D eigenvalue weighted by Gasteiger charge is -2.21. The Labute approximate surface area is 119 Å². The van der Waals surface area contributed by atoms with Crippen molar-refractivity contribution in [2.45, 2.75) is 30.8 Å². The van der Waals surface area contributed by atoms with E-state index >= 15 is 0 Å². The molecule has 1 fully saturated rings. The Morgan fingerprint density at radius 1 is 1.28 bits per heavy atom. The summed E-state index contributed by atoms with van der Waals surface area (Å²) in [7, 11) is 0. The minimum absolute atomic E-state index is 0.625. The van der Waals surface area contributed by atoms with Gasteiger partial charge in [-0.05, 0) is 40.8 Å². The number of rotatable bonds is 5. The standard InChI is InChI=1S/C13H14BrN3S/c14-5-11-6-15-13(16-7-11)17(12-1-2-12)8-10-3-4-18-9-10/h3-4,6-7,9,12H,1-2,5,8H2. The van der Waals surface area contributed by atoms with Crippen LogP contribution in [-0.2, 0) is 11.9 Å². The van der Waals surface area contributed by atoms with Gasteiger partial charge >= 0.3 is 0 Å². The van der Waals surface area contributed by atoms with Gasteiger partial charge in [-0.3, -0.25) is 0 Å². The quantitative estimate of drug-likeness (QED) is 0.787. The summed E-state index contributed by atoms with van der Waals surface area (Å²) in [5.41, 5.74) is 2.46. The van der Waals surface area contributed by atoms with E-state index in [-0.39, 0.29) is 0 Å². The molecule has 0 saturated heterocycles. The number of thiophene rings is 1. The van der Waals surface area contributed by atoms with Crippen LogP contribution >= 0.6 is 27.3 Å². The zero-order chi connectivity index (χ0) is 12.4. The van der Waals surface area contributed by atoms with E-state index in [1.165, 1.54) is 18.4 Å². The maximum Gasteiger partial charge on any atom is 0.225 e. The number of alkyl halides is 1. The molecule has 5 heteroatoms. The molecular formula is C13H14BrN3S. The summed E-state index contributed by atoms with van der Waals surface area (Å²) in [5.74, 6) is 0.855. The minimum Gasteiger partial charge on any atom is -0.333 e. The summed E-state index contributed by atoms with van der Waals surface area (Å²) >= 11 is 5.16. The molecule has 2 aromatic rings. The third-order valence-electron chi connectivity index (χ3n) is 3.02. The van der Waals surface area contributed by atoms with Crippen molar-refractivity contribution in [1.29, 1.82) is 0 Å². The van der Waals surface area contributed by atoms with Crippen molar-refractivity contribution < 1.29 is 0 Å². The number of anilines is 1. The predicted molar refractivity (Wildman–Crippen MR) is 78.2 cm³/mol. The molecule has 18 heavy (non-hydrogen) atoms. The molecule has 0 unspecified atom stereocenters. The van der Waals surface area contributed by atoms with Crippen LogP contribution in [0.4, 0.5) is 5.95 Å². The maximum atomic E-state index is 4.48. The summed E-state index contributed by atoms with van der Waals surface area (Å²) in [6.45, 7) is 0.918. The fourth-order valence-electron chi connectivity index (χ4n) is 1.89. The Morgan fingerprint density at radius 2 is 2.06 bits per heavy atom. The molecule has 1 saturated carbocycles. The van der Waals surface area contributed by atoms with Gasteiger partial charge < -0.3 is 4.90 Å². The van der Waals surface area contributed by atoms with E-state index < -0.39 is 0 Å². The summed E-state index contributed by atoms with van der Waals surface area (Å²) < 4.78 is 0. The molecule has 3 nitrogen and oxygen atoms in total. The minimum atomic E-state index is 0.625. The monoisotopic (exact) mass is 323 g/mol. The molecule has 1 aliphatic carbocycles. The van der Waals surface area contributed by atoms with Crippen molar-refractivity contribution in [2.24, 2.45) is 0 Å². The summed E-state index contributed by atoms with van der Waals surface area (Å²) in [6.07, 6.45) is 6.32. The highest BCUT2D eigenvalue weighted by Gasteiger charge is 2.30. The Kier molecular flexibility index (Phi) is 3.61. The topological polar surface area (TPSA) is 29.0 Å². The van der Waals surface area contributed by atoms with Crippen LogP contribution < -0.4 is 4.90 Å². The highest BCUT2D eigenvalue weighted by atomic mass is 79.9. The third kappa shape index (κ3) is 2.72. The molecule has 2 aromatic heterocycles. The molecule has 0 N–H and O–H groups in total. The van der Waals surface area contributed by atoms with E-state index in [1.807, 2.05) is 12.4 Å². The van der Waals surface area contributed by atoms with Crippen molar-refractivity contribution >= 4 is 33.2 Å². The van der Waals surface area contributed by atoms with Crippen LogP contribution in [0.15, 0.2) is 29.2 Å². The highest BCUT2D eigenvalue weighted by molar-refractivity contribution is 9.08. The second-order valence-corrected chi connectivity index (χ2v) is 5.86. The van der Waals surface area contributed by atoms with Crippen molar-refractivity contribution in [3.63, 3.8) is 0 Å². The first-order valence-electron chi connectivity index (χ1n) is 6.01. The van der Waals surface area contributed by atoms with Gasteiger partial charge in [-0.1, -0.05) is 15.9 Å². The summed E-state index contributed by atoms with van der Waals surface area (Å²) in [6, 6.07) is 2.80. The number of halogens is 1. The molecule has 94 valence electrons. The molecule has 0 aromatic carbocycles. The number of nitrogens with zero attached hydrogens (tertiary/aromatic N) is 3. The number of hydrogen-bond donors (Lipinski definition) is 0. The maximum absolute atomic E-state index is 4.48. The fraction of sp³-hybridized carbons (Fsp3) is 0.385. The average molecular weight is 324 g/mol. The van der Waals surface area contributed by atoms with Crippen LogP contribution in [-0.4, -0.2) is 16.0 Å². The molecule has 3 rings (SSSR count). The van der Waals surface area contributed by atoms with E-state index in [0.717, 1.165) is 23.4 Å². The summed E-state index contributed by atoms with van der Waals surface area (Å²) in [5, 5.41) is 5.12. The largest absolute Gasteiger partial charge is 0.333 e. The van der Waals surface area contributed by atoms with Gasteiger partial charge in [0.1, 0.15) is 0 Å². The third-order valence-corrected chi connectivity index (χ3v) is 4.40. The molecule has 2 heterocycles. The first-order chi connectivity index (χ1) is 8.86. The van der Waals surface area contributed by atoms with E-state index in [1.54, 1.807) is 11.3 Å². The highest BCUT2D eigenvalue weighted by Crippen LogP contribution is 2.31. The van der Waals surface area contributed by atoms with Crippen LogP contribution in [0.1, 0.15) is 24.0 Å². The van der Waals surface area contributed by atoms with Crippen LogP contribution in [0.25, 0.3) is 0 Å². The van der Waals surface area contributed by atoms with Gasteiger partial charge in [0.15, 0.2) is 0 Å². The van der Waals surface area contributed by atoms with E-state index in [4.69, 9.17) is 0 Å². The molecule has 0 amide bonds. The lowest BCUT2D eigenvalue weighted by atomic mass is 10.3. The lowest BCUT2D eigenvalue weighted by Crippen LogP contribution is -2.26. The van der Waals surface area contributed by atoms with Gasteiger partial charge in [0, 0.05) is 30.3 Å². The molecule has 0 aliphatic heterocycles. The van der Waals surface area contributed by atoms with Crippen LogP contribution in [0.5, 0.6) is 0 Å². The molecule has 0 radical (unpaired) electrons. The first-order valence-corrected chi connectivity index (χ1v) is 8.08. The van der Waals surface area contributed by atoms with Crippen molar-refractivity contribution in [3.8, 4) is 0 Å². The molecule has 0 spiro atoms. The zero-order valence-electron chi connectivity index (χ0n) is 9.92. The summed E-state index contributed by atoms with van der Waals surface area (Å²) in [4.78, 5) is 11.3. The van der Waals surface area contributed by atoms with Crippen LogP contribution in [0.3, 0.4) is 0 Å². The number of hydrogen-bond acceptors (Lipinski definition) is 4. The zero-order valence-corrected chi connectivity index (χ0v) is 12.3. The predicted octanol–water partition coefficient (Wildman–Crippen LogP) is 3.60. The van der Waals surface area contributed by atoms with Gasteiger partial charge in [-0.2, -0.15) is 11.3 Å². The van der Waals surface area contributed by atoms with Gasteiger partial charge in [0.25, 0.3) is 0 Å². The fourth-order valence-corrected chi connectivity index (χ4v) is 2.84. The Morgan fingerprint density at radius 3 is 2.61 bits per heavy atom. The Bertz CT molecular complexity index is 493. The van der Waals surface area contributed by atoms with Crippen molar-refractivity contribution in [1.82, 2.24) is 9.97 Å². The average Bonchev–Trinajstić information content (AvgIpc) is 3.13. The van der Waals surface area contributed by atoms with E-state index in [0.29, 0.717) is 6.04 Å². The molecular weight excluding hydrogens is 310 g/mol. The van der Waals surface area contributed by atoms with Gasteiger partial charge in [-0.25, -0.2) is 9.97 Å².